The van der Waals surface area contributed by atoms with E-state index in [0.29, 0.717) is 75.7 Å². The van der Waals surface area contributed by atoms with Crippen molar-refractivity contribution >= 4 is 63.3 Å². The molecule has 25 heteroatoms. The summed E-state index contributed by atoms with van der Waals surface area (Å²) >= 11 is 22.1. The van der Waals surface area contributed by atoms with Crippen molar-refractivity contribution in [1.29, 1.82) is 0 Å². The van der Waals surface area contributed by atoms with Crippen molar-refractivity contribution < 1.29 is 52.3 Å². The highest BCUT2D eigenvalue weighted by molar-refractivity contribution is 9.10. The molecule has 2 N–H and O–H groups in total. The van der Waals surface area contributed by atoms with Gasteiger partial charge in [-0.05, 0) is 161 Å². The van der Waals surface area contributed by atoms with Gasteiger partial charge in [0.2, 0.25) is 0 Å². The molecule has 496 valence electrons. The number of alkyl halides is 1. The van der Waals surface area contributed by atoms with Crippen LogP contribution in [0.1, 0.15) is 82.6 Å². The fourth-order valence-electron chi connectivity index (χ4n) is 11.4. The number of benzene rings is 3. The van der Waals surface area contributed by atoms with Gasteiger partial charge in [0.25, 0.3) is 0 Å². The number of imidazole rings is 3. The van der Waals surface area contributed by atoms with E-state index in [-0.39, 0.29) is 42.7 Å². The maximum atomic E-state index is 13.1. The van der Waals surface area contributed by atoms with Crippen LogP contribution < -0.4 is 19.7 Å². The molecule has 4 aliphatic heterocycles. The van der Waals surface area contributed by atoms with Crippen LogP contribution in [0.25, 0.3) is 56.7 Å². The van der Waals surface area contributed by atoms with E-state index in [4.69, 9.17) is 87.6 Å². The molecule has 3 atom stereocenters. The third-order valence-corrected chi connectivity index (χ3v) is 18.5. The molecule has 19 nitrogen and oxygen atoms in total. The van der Waals surface area contributed by atoms with E-state index in [1.165, 1.54) is 5.69 Å². The average molecular weight is 1410 g/mol. The second kappa shape index (κ2) is 30.9. The van der Waals surface area contributed by atoms with Crippen LogP contribution >= 0.6 is 50.7 Å². The molecule has 0 amide bonds. The number of nitrogens with zero attached hydrogens (tertiary/aromatic N) is 9. The Morgan fingerprint density at radius 1 is 0.521 bits per heavy atom. The van der Waals surface area contributed by atoms with Crippen LogP contribution in [-0.2, 0) is 82.3 Å². The van der Waals surface area contributed by atoms with Crippen LogP contribution in [0.4, 0.5) is 4.39 Å². The molecule has 0 saturated carbocycles. The lowest BCUT2D eigenvalue weighted by molar-refractivity contribution is 0.00578. The minimum Gasteiger partial charge on any atom is -0.495 e. The van der Waals surface area contributed by atoms with Crippen LogP contribution in [0.3, 0.4) is 0 Å². The second-order valence-electron chi connectivity index (χ2n) is 24.0. The van der Waals surface area contributed by atoms with Crippen molar-refractivity contribution in [3.8, 4) is 73.9 Å². The molecule has 10 heterocycles. The van der Waals surface area contributed by atoms with Crippen molar-refractivity contribution in [3.63, 3.8) is 0 Å². The van der Waals surface area contributed by atoms with Gasteiger partial charge in [-0.3, -0.25) is 15.0 Å². The Bertz CT molecular complexity index is 3940. The van der Waals surface area contributed by atoms with Crippen molar-refractivity contribution in [2.45, 2.75) is 137 Å². The molecule has 4 aliphatic rings. The molecular formula is C69H77BBrCl3FN9O10. The summed E-state index contributed by atoms with van der Waals surface area (Å²) in [6, 6.07) is 28.1. The maximum Gasteiger partial charge on any atom is 0.494 e. The number of methoxy groups -OCH3 is 3. The van der Waals surface area contributed by atoms with Crippen molar-refractivity contribution in [1.82, 2.24) is 43.6 Å². The van der Waals surface area contributed by atoms with Crippen LogP contribution in [0.2, 0.25) is 15.1 Å². The summed E-state index contributed by atoms with van der Waals surface area (Å²) in [5, 5.41) is 20.2. The van der Waals surface area contributed by atoms with Crippen molar-refractivity contribution in [3.05, 3.63) is 163 Å². The van der Waals surface area contributed by atoms with Crippen molar-refractivity contribution in [2.24, 2.45) is 0 Å². The lowest BCUT2D eigenvalue weighted by Crippen LogP contribution is -2.41. The zero-order chi connectivity index (χ0) is 67.0. The average Bonchev–Trinajstić information content (AvgIpc) is 1.65. The van der Waals surface area contributed by atoms with E-state index in [2.05, 4.69) is 70.3 Å². The number of ether oxygens (including phenoxy) is 6. The maximum absolute atomic E-state index is 13.1. The van der Waals surface area contributed by atoms with Gasteiger partial charge in [-0.15, -0.1) is 0 Å². The Kier molecular flexibility index (Phi) is 23.1. The fourth-order valence-corrected chi connectivity index (χ4v) is 12.6. The Morgan fingerprint density at radius 3 is 1.31 bits per heavy atom. The zero-order valence-corrected chi connectivity index (χ0v) is 58.1. The number of hydrogen-bond acceptors (Lipinski definition) is 16. The summed E-state index contributed by atoms with van der Waals surface area (Å²) in [5.74, 6) is 4.43. The first-order valence-electron chi connectivity index (χ1n) is 31.0. The third-order valence-electron chi connectivity index (χ3n) is 16.9. The van der Waals surface area contributed by atoms with Crippen LogP contribution in [0, 0.1) is 0 Å². The first-order chi connectivity index (χ1) is 45.2. The Hall–Kier alpha value is -6.80. The number of aromatic nitrogens is 9. The molecule has 0 aliphatic carbocycles. The molecule has 13 rings (SSSR count). The Balaban J connectivity index is 0.000000139. The molecule has 0 unspecified atom stereocenters. The Labute approximate surface area is 571 Å². The van der Waals surface area contributed by atoms with E-state index >= 15 is 0 Å². The van der Waals surface area contributed by atoms with E-state index < -0.39 is 13.8 Å². The number of aliphatic hydroxyl groups is 2. The highest BCUT2D eigenvalue weighted by Crippen LogP contribution is 2.40. The van der Waals surface area contributed by atoms with Gasteiger partial charge >= 0.3 is 7.12 Å². The molecular weight excluding hydrogens is 1330 g/mol. The van der Waals surface area contributed by atoms with Gasteiger partial charge in [0.05, 0.1) is 153 Å². The van der Waals surface area contributed by atoms with Gasteiger partial charge in [-0.25, -0.2) is 19.3 Å². The summed E-state index contributed by atoms with van der Waals surface area (Å²) in [7, 11) is 4.41. The third kappa shape index (κ3) is 15.9. The van der Waals surface area contributed by atoms with Crippen LogP contribution in [0.5, 0.6) is 17.2 Å². The van der Waals surface area contributed by atoms with E-state index in [1.54, 1.807) is 52.1 Å². The van der Waals surface area contributed by atoms with Crippen LogP contribution in [0.15, 0.2) is 114 Å². The highest BCUT2D eigenvalue weighted by atomic mass is 79.9. The number of fused-ring (bicyclic) bond motifs is 3. The number of aliphatic hydroxyl groups excluding tert-OH is 2. The number of rotatable bonds is 12. The summed E-state index contributed by atoms with van der Waals surface area (Å²) in [5.41, 5.74) is 11.5. The second-order valence-corrected chi connectivity index (χ2v) is 26.0. The van der Waals surface area contributed by atoms with E-state index in [0.717, 1.165) is 111 Å². The molecule has 1 fully saturated rings. The molecule has 94 heavy (non-hydrogen) atoms. The molecule has 3 aromatic carbocycles. The lowest BCUT2D eigenvalue weighted by Gasteiger charge is -2.32. The lowest BCUT2D eigenvalue weighted by atomic mass is 9.79. The molecule has 0 bridgehead atoms. The van der Waals surface area contributed by atoms with E-state index in [1.807, 2.05) is 107 Å². The standard InChI is InChI=1S/C21H21ClFN3O2.C21H22ClN3O3.C15H16BrClN2O2.C12H18BNO3/c1-13-12-26-18(6-8-28-13)20(14-5-7-24-16(9-14)11-23)25-21(26)15-3-4-17(22)19(10-15)27-2;1-13-11-25-18(6-8-28-13)20(14-5-7-23-16(9-14)12-26)24-21(25)15-3-4-17(22)19(10-15)27-2;1-9-8-19-12(5-6-21-9)14(16)18-15(19)10-3-4-11(17)13(7-10)20-2;1-11(2)12(3,4)17-13(16-11)9-5-6-14-10(7-9)8-15/h3-5,7,9-10,13H,6,8,11-12H2,1-2H3;3-5,7,9-10,13,26H,6,8,11-12H2,1-2H3;3-4,7,9H,5-6,8H2,1-2H3;5-7,15H,8H2,1-4H3/t2*13-;9-;/m111./s1. The first kappa shape index (κ1) is 70.0. The summed E-state index contributed by atoms with van der Waals surface area (Å²) < 4.78 is 66.0. The zero-order valence-electron chi connectivity index (χ0n) is 54.3. The van der Waals surface area contributed by atoms with Gasteiger partial charge < -0.3 is 61.6 Å². The minimum absolute atomic E-state index is 0.0649. The topological polar surface area (TPSA) is 206 Å². The van der Waals surface area contributed by atoms with Gasteiger partial charge in [0.1, 0.15) is 46.0 Å². The van der Waals surface area contributed by atoms with Gasteiger partial charge in [-0.2, -0.15) is 0 Å². The van der Waals surface area contributed by atoms with Crippen LogP contribution in [-0.4, -0.2) is 132 Å². The first-order valence-corrected chi connectivity index (χ1v) is 32.9. The number of pyridine rings is 3. The predicted octanol–water partition coefficient (Wildman–Crippen LogP) is 13.2. The largest absolute Gasteiger partial charge is 0.495 e. The van der Waals surface area contributed by atoms with Gasteiger partial charge in [0.15, 0.2) is 0 Å². The quantitative estimate of drug-likeness (QED) is 0.109. The fraction of sp³-hybridized carbons (Fsp3) is 0.391. The summed E-state index contributed by atoms with van der Waals surface area (Å²) in [4.78, 5) is 26.9. The molecule has 0 spiro atoms. The van der Waals surface area contributed by atoms with Gasteiger partial charge in [0, 0.05) is 77.1 Å². The summed E-state index contributed by atoms with van der Waals surface area (Å²) in [6.45, 7) is 17.6. The predicted molar refractivity (Wildman–Crippen MR) is 366 cm³/mol. The number of hydrogen-bond donors (Lipinski definition) is 2. The Morgan fingerprint density at radius 2 is 0.894 bits per heavy atom. The molecule has 6 aromatic heterocycles. The summed E-state index contributed by atoms with van der Waals surface area (Å²) in [6.07, 6.45) is 7.63. The molecule has 1 saturated heterocycles. The van der Waals surface area contributed by atoms with Crippen molar-refractivity contribution in [2.75, 3.05) is 41.2 Å². The number of halogens is 5. The highest BCUT2D eigenvalue weighted by Gasteiger charge is 2.51. The van der Waals surface area contributed by atoms with Gasteiger partial charge in [-0.1, -0.05) is 34.8 Å². The minimum atomic E-state index is -0.606. The SMILES string of the molecule is CC1(C)OB(c2ccnc(CO)c2)OC1(C)C.COc1cc(-c2nc(-c3ccnc(CF)c3)c3n2C[C@@H](C)OCC3)ccc1Cl.COc1cc(-c2nc(-c3ccnc(CO)c3)c3n2C[C@@H](C)OCC3)ccc1Cl.COc1cc(-c2nc(Br)c3n2C[C@@H](C)OCC3)ccc1Cl. The molecule has 0 radical (unpaired) electrons. The monoisotopic (exact) mass is 1410 g/mol. The smallest absolute Gasteiger partial charge is 0.494 e. The molecule has 9 aromatic rings. The van der Waals surface area contributed by atoms with E-state index in [9.17, 15) is 9.50 Å². The normalized spacial score (nSPS) is 17.8.